The van der Waals surface area contributed by atoms with Gasteiger partial charge in [-0.25, -0.2) is 4.39 Å². The number of para-hydroxylation sites is 1. The molecule has 0 aliphatic rings. The van der Waals surface area contributed by atoms with E-state index >= 15 is 0 Å². The van der Waals surface area contributed by atoms with Gasteiger partial charge in [0.2, 0.25) is 11.8 Å². The van der Waals surface area contributed by atoms with Crippen molar-refractivity contribution in [3.8, 4) is 0 Å². The van der Waals surface area contributed by atoms with E-state index in [1.165, 1.54) is 12.1 Å². The maximum Gasteiger partial charge on any atom is 0.225 e. The first-order valence-corrected chi connectivity index (χ1v) is 6.82. The normalized spacial score (nSPS) is 10.3. The van der Waals surface area contributed by atoms with Crippen LogP contribution in [0.25, 0.3) is 0 Å². The minimum Gasteiger partial charge on any atom is -0.360 e. The lowest BCUT2D eigenvalue weighted by molar-refractivity contribution is -0.117. The maximum absolute atomic E-state index is 13.3. The van der Waals surface area contributed by atoms with Crippen LogP contribution in [0.15, 0.2) is 34.9 Å². The molecule has 0 radical (unpaired) electrons. The predicted molar refractivity (Wildman–Crippen MR) is 78.8 cm³/mol. The summed E-state index contributed by atoms with van der Waals surface area (Å²) in [5.74, 6) is -0.143. The lowest BCUT2D eigenvalue weighted by Gasteiger charge is -2.06. The van der Waals surface area contributed by atoms with Crippen LogP contribution in [0.5, 0.6) is 0 Å². The zero-order valence-electron chi connectivity index (χ0n) is 12.1. The summed E-state index contributed by atoms with van der Waals surface area (Å²) >= 11 is 0. The molecule has 0 saturated heterocycles. The first kappa shape index (κ1) is 15.7. The molecule has 2 rings (SSSR count). The highest BCUT2D eigenvalue weighted by Crippen LogP contribution is 2.13. The van der Waals surface area contributed by atoms with Crippen LogP contribution in [0.1, 0.15) is 25.0 Å². The average molecular weight is 305 g/mol. The Morgan fingerprint density at radius 1 is 1.18 bits per heavy atom. The van der Waals surface area contributed by atoms with Gasteiger partial charge in [0.25, 0.3) is 0 Å². The Kier molecular flexibility index (Phi) is 5.24. The van der Waals surface area contributed by atoms with Gasteiger partial charge in [0.15, 0.2) is 5.82 Å². The largest absolute Gasteiger partial charge is 0.360 e. The lowest BCUT2D eigenvalue weighted by Crippen LogP contribution is -2.15. The molecule has 2 N–H and O–H groups in total. The Labute approximate surface area is 126 Å². The zero-order chi connectivity index (χ0) is 15.9. The first-order valence-electron chi connectivity index (χ1n) is 6.82. The number of anilines is 2. The number of rotatable bonds is 6. The van der Waals surface area contributed by atoms with E-state index < -0.39 is 5.82 Å². The van der Waals surface area contributed by atoms with Crippen molar-refractivity contribution in [3.05, 3.63) is 41.9 Å². The number of halogens is 1. The smallest absolute Gasteiger partial charge is 0.225 e. The number of aromatic nitrogens is 1. The number of aryl methyl sites for hydroxylation is 1. The summed E-state index contributed by atoms with van der Waals surface area (Å²) in [5.41, 5.74) is 0.134. The highest BCUT2D eigenvalue weighted by molar-refractivity contribution is 5.92. The van der Waals surface area contributed by atoms with E-state index in [0.717, 1.165) is 0 Å². The van der Waals surface area contributed by atoms with Crippen molar-refractivity contribution in [1.82, 2.24) is 5.16 Å². The van der Waals surface area contributed by atoms with Crippen molar-refractivity contribution in [2.24, 2.45) is 0 Å². The van der Waals surface area contributed by atoms with Crippen LogP contribution >= 0.6 is 0 Å². The molecule has 2 amide bonds. The van der Waals surface area contributed by atoms with E-state index in [1.807, 2.05) is 0 Å². The van der Waals surface area contributed by atoms with Crippen molar-refractivity contribution < 1.29 is 18.5 Å². The van der Waals surface area contributed by atoms with Crippen molar-refractivity contribution >= 4 is 23.3 Å². The van der Waals surface area contributed by atoms with Crippen LogP contribution in [0, 0.1) is 12.7 Å². The summed E-state index contributed by atoms with van der Waals surface area (Å²) in [6.07, 6.45) is 0.638. The van der Waals surface area contributed by atoms with Gasteiger partial charge in [0.1, 0.15) is 11.6 Å². The van der Waals surface area contributed by atoms with Gasteiger partial charge < -0.3 is 15.2 Å². The van der Waals surface area contributed by atoms with Crippen molar-refractivity contribution in [3.63, 3.8) is 0 Å². The lowest BCUT2D eigenvalue weighted by atomic mass is 10.2. The van der Waals surface area contributed by atoms with Gasteiger partial charge in [0, 0.05) is 18.9 Å². The molecule has 7 heteroatoms. The number of nitrogens with one attached hydrogen (secondary N) is 2. The Bertz CT molecular complexity index is 670. The highest BCUT2D eigenvalue weighted by Gasteiger charge is 2.09. The van der Waals surface area contributed by atoms with E-state index in [4.69, 9.17) is 4.52 Å². The Balaban J connectivity index is 1.70. The highest BCUT2D eigenvalue weighted by atomic mass is 19.1. The molecule has 0 aliphatic carbocycles. The number of hydrogen-bond donors (Lipinski definition) is 2. The summed E-state index contributed by atoms with van der Waals surface area (Å²) in [6.45, 7) is 1.72. The number of carbonyl (C=O) groups excluding carboxylic acids is 2. The number of benzene rings is 1. The number of amides is 2. The van der Waals surface area contributed by atoms with Crippen molar-refractivity contribution in [2.75, 3.05) is 10.6 Å². The fourth-order valence-electron chi connectivity index (χ4n) is 1.82. The van der Waals surface area contributed by atoms with Crippen molar-refractivity contribution in [2.45, 2.75) is 26.2 Å². The minimum absolute atomic E-state index is 0.125. The van der Waals surface area contributed by atoms with Crippen LogP contribution in [0.4, 0.5) is 15.9 Å². The first-order chi connectivity index (χ1) is 10.5. The summed E-state index contributed by atoms with van der Waals surface area (Å²) in [4.78, 5) is 23.3. The minimum atomic E-state index is -0.491. The standard InChI is InChI=1S/C15H16FN3O3/c1-10-9-13(19-22-10)18-15(21)8-4-7-14(20)17-12-6-3-2-5-11(12)16/h2-3,5-6,9H,4,7-8H2,1H3,(H,17,20)(H,18,19,21). The summed E-state index contributed by atoms with van der Waals surface area (Å²) < 4.78 is 18.2. The second kappa shape index (κ2) is 7.35. The van der Waals surface area contributed by atoms with Gasteiger partial charge in [-0.3, -0.25) is 9.59 Å². The second-order valence-electron chi connectivity index (χ2n) is 4.75. The monoisotopic (exact) mass is 305 g/mol. The van der Waals surface area contributed by atoms with Crippen LogP contribution < -0.4 is 10.6 Å². The molecule has 0 bridgehead atoms. The molecule has 2 aromatic rings. The van der Waals surface area contributed by atoms with Gasteiger partial charge in [-0.05, 0) is 25.5 Å². The molecule has 6 nitrogen and oxygen atoms in total. The van der Waals surface area contributed by atoms with E-state index in [1.54, 1.807) is 25.1 Å². The van der Waals surface area contributed by atoms with E-state index in [0.29, 0.717) is 18.0 Å². The van der Waals surface area contributed by atoms with E-state index in [9.17, 15) is 14.0 Å². The molecule has 22 heavy (non-hydrogen) atoms. The molecule has 116 valence electrons. The third kappa shape index (κ3) is 4.69. The Morgan fingerprint density at radius 3 is 2.50 bits per heavy atom. The number of hydrogen-bond acceptors (Lipinski definition) is 4. The summed E-state index contributed by atoms with van der Waals surface area (Å²) in [6, 6.07) is 7.52. The third-order valence-corrected chi connectivity index (χ3v) is 2.85. The summed E-state index contributed by atoms with van der Waals surface area (Å²) in [5, 5.41) is 8.66. The third-order valence-electron chi connectivity index (χ3n) is 2.85. The van der Waals surface area contributed by atoms with Gasteiger partial charge in [-0.15, -0.1) is 0 Å². The summed E-state index contributed by atoms with van der Waals surface area (Å²) in [7, 11) is 0. The van der Waals surface area contributed by atoms with Gasteiger partial charge in [0.05, 0.1) is 5.69 Å². The molecular formula is C15H16FN3O3. The SMILES string of the molecule is Cc1cc(NC(=O)CCCC(=O)Nc2ccccc2F)no1. The quantitative estimate of drug-likeness (QED) is 0.859. The molecule has 1 aromatic heterocycles. The Morgan fingerprint density at radius 2 is 1.86 bits per heavy atom. The number of carbonyl (C=O) groups is 2. The molecule has 0 saturated carbocycles. The Hall–Kier alpha value is -2.70. The fourth-order valence-corrected chi connectivity index (χ4v) is 1.82. The molecule has 0 aliphatic heterocycles. The molecule has 0 atom stereocenters. The molecular weight excluding hydrogens is 289 g/mol. The van der Waals surface area contributed by atoms with E-state index in [-0.39, 0.29) is 30.3 Å². The molecule has 1 aromatic carbocycles. The van der Waals surface area contributed by atoms with Gasteiger partial charge >= 0.3 is 0 Å². The van der Waals surface area contributed by atoms with Crippen LogP contribution in [0.3, 0.4) is 0 Å². The van der Waals surface area contributed by atoms with Crippen LogP contribution in [-0.2, 0) is 9.59 Å². The molecule has 0 spiro atoms. The van der Waals surface area contributed by atoms with Gasteiger partial charge in [-0.1, -0.05) is 17.3 Å². The predicted octanol–water partition coefficient (Wildman–Crippen LogP) is 2.87. The topological polar surface area (TPSA) is 84.2 Å². The maximum atomic E-state index is 13.3. The molecule has 1 heterocycles. The molecule has 0 unspecified atom stereocenters. The van der Waals surface area contributed by atoms with Crippen LogP contribution in [-0.4, -0.2) is 17.0 Å². The van der Waals surface area contributed by atoms with Gasteiger partial charge in [-0.2, -0.15) is 0 Å². The van der Waals surface area contributed by atoms with E-state index in [2.05, 4.69) is 15.8 Å². The number of nitrogens with zero attached hydrogens (tertiary/aromatic N) is 1. The van der Waals surface area contributed by atoms with Crippen molar-refractivity contribution in [1.29, 1.82) is 0 Å². The average Bonchev–Trinajstić information content (AvgIpc) is 2.86. The van der Waals surface area contributed by atoms with Crippen LogP contribution in [0.2, 0.25) is 0 Å². The fraction of sp³-hybridized carbons (Fsp3) is 0.267. The zero-order valence-corrected chi connectivity index (χ0v) is 12.1. The molecule has 0 fully saturated rings. The second-order valence-corrected chi connectivity index (χ2v) is 4.75.